The highest BCUT2D eigenvalue weighted by molar-refractivity contribution is 5.95. The lowest BCUT2D eigenvalue weighted by atomic mass is 9.86. The first-order chi connectivity index (χ1) is 14.0. The summed E-state index contributed by atoms with van der Waals surface area (Å²) in [6.07, 6.45) is 2.47. The molecule has 7 nitrogen and oxygen atoms in total. The molecule has 3 rings (SSSR count). The van der Waals surface area contributed by atoms with Gasteiger partial charge >= 0.3 is 12.0 Å². The molecule has 1 saturated carbocycles. The van der Waals surface area contributed by atoms with Gasteiger partial charge in [-0.15, -0.1) is 0 Å². The molecule has 2 aromatic rings. The van der Waals surface area contributed by atoms with Crippen LogP contribution in [0.3, 0.4) is 0 Å². The number of nitrogens with one attached hydrogen (secondary N) is 3. The Labute approximate surface area is 169 Å². The van der Waals surface area contributed by atoms with Crippen LogP contribution in [0, 0.1) is 5.92 Å². The Hall–Kier alpha value is -3.35. The van der Waals surface area contributed by atoms with Crippen LogP contribution < -0.4 is 16.0 Å². The average Bonchev–Trinajstić information content (AvgIpc) is 2.73. The fraction of sp³-hybridized carbons (Fsp3) is 0.318. The first-order valence-electron chi connectivity index (χ1n) is 9.74. The molecule has 0 heterocycles. The van der Waals surface area contributed by atoms with E-state index in [4.69, 9.17) is 5.11 Å². The van der Waals surface area contributed by atoms with E-state index in [1.165, 1.54) is 0 Å². The van der Waals surface area contributed by atoms with E-state index < -0.39 is 5.97 Å². The highest BCUT2D eigenvalue weighted by atomic mass is 16.4. The molecule has 1 aliphatic carbocycles. The molecule has 3 amide bonds. The summed E-state index contributed by atoms with van der Waals surface area (Å²) in [5, 5.41) is 17.5. The van der Waals surface area contributed by atoms with Crippen molar-refractivity contribution in [2.75, 3.05) is 5.32 Å². The van der Waals surface area contributed by atoms with E-state index in [-0.39, 0.29) is 23.9 Å². The van der Waals surface area contributed by atoms with Gasteiger partial charge < -0.3 is 21.1 Å². The van der Waals surface area contributed by atoms with Crippen LogP contribution in [0.15, 0.2) is 54.6 Å². The van der Waals surface area contributed by atoms with Gasteiger partial charge in [0.25, 0.3) is 5.91 Å². The summed E-state index contributed by atoms with van der Waals surface area (Å²) in [6.45, 7) is 0.451. The minimum atomic E-state index is -0.763. The number of carboxylic acid groups (broad SMARTS) is 1. The number of carbonyl (C=O) groups excluding carboxylic acids is 2. The molecule has 0 bridgehead atoms. The first kappa shape index (κ1) is 20.4. The quantitative estimate of drug-likeness (QED) is 0.601. The molecule has 0 aromatic heterocycles. The van der Waals surface area contributed by atoms with Crippen molar-refractivity contribution < 1.29 is 19.5 Å². The molecule has 29 heavy (non-hydrogen) atoms. The first-order valence-corrected chi connectivity index (χ1v) is 9.74. The lowest BCUT2D eigenvalue weighted by Crippen LogP contribution is -2.40. The zero-order chi connectivity index (χ0) is 20.6. The fourth-order valence-electron chi connectivity index (χ4n) is 3.42. The maximum absolute atomic E-state index is 12.2. The molecule has 2 aromatic carbocycles. The van der Waals surface area contributed by atoms with Gasteiger partial charge in [-0.25, -0.2) is 4.79 Å². The predicted molar refractivity (Wildman–Crippen MR) is 110 cm³/mol. The molecule has 0 unspecified atom stereocenters. The number of rotatable bonds is 6. The van der Waals surface area contributed by atoms with Crippen LogP contribution in [-0.2, 0) is 11.3 Å². The van der Waals surface area contributed by atoms with E-state index in [9.17, 15) is 14.4 Å². The molecular formula is C22H25N3O4. The molecule has 0 radical (unpaired) electrons. The monoisotopic (exact) mass is 395 g/mol. The normalized spacial score (nSPS) is 18.5. The maximum atomic E-state index is 12.2. The highest BCUT2D eigenvalue weighted by Crippen LogP contribution is 2.24. The summed E-state index contributed by atoms with van der Waals surface area (Å²) in [5.74, 6) is -1.25. The summed E-state index contributed by atoms with van der Waals surface area (Å²) >= 11 is 0. The second kappa shape index (κ2) is 9.73. The van der Waals surface area contributed by atoms with Crippen LogP contribution in [0.5, 0.6) is 0 Å². The van der Waals surface area contributed by atoms with E-state index in [1.54, 1.807) is 24.3 Å². The summed E-state index contributed by atoms with van der Waals surface area (Å²) in [4.78, 5) is 35.4. The topological polar surface area (TPSA) is 108 Å². The van der Waals surface area contributed by atoms with Crippen LogP contribution in [0.25, 0.3) is 0 Å². The van der Waals surface area contributed by atoms with Crippen molar-refractivity contribution in [2.24, 2.45) is 5.92 Å². The van der Waals surface area contributed by atoms with Gasteiger partial charge in [0, 0.05) is 23.8 Å². The Bertz CT molecular complexity index is 844. The van der Waals surface area contributed by atoms with Crippen molar-refractivity contribution >= 4 is 23.6 Å². The number of amides is 3. The van der Waals surface area contributed by atoms with Crippen molar-refractivity contribution in [3.8, 4) is 0 Å². The Morgan fingerprint density at radius 1 is 0.897 bits per heavy atom. The number of anilines is 1. The van der Waals surface area contributed by atoms with Gasteiger partial charge in [-0.1, -0.05) is 30.3 Å². The summed E-state index contributed by atoms with van der Waals surface area (Å²) < 4.78 is 0. The van der Waals surface area contributed by atoms with Crippen LogP contribution in [0.1, 0.15) is 41.6 Å². The number of urea groups is 1. The fourth-order valence-corrected chi connectivity index (χ4v) is 3.42. The molecule has 1 fully saturated rings. The number of aliphatic carboxylic acids is 1. The van der Waals surface area contributed by atoms with Crippen LogP contribution in [0.4, 0.5) is 10.5 Å². The number of carboxylic acids is 1. The van der Waals surface area contributed by atoms with Gasteiger partial charge in [0.1, 0.15) is 0 Å². The van der Waals surface area contributed by atoms with Crippen molar-refractivity contribution in [1.82, 2.24) is 10.6 Å². The molecule has 7 heteroatoms. The van der Waals surface area contributed by atoms with Gasteiger partial charge in [-0.3, -0.25) is 9.59 Å². The summed E-state index contributed by atoms with van der Waals surface area (Å²) in [6, 6.07) is 16.0. The SMILES string of the molecule is O=C(Nc1ccc(C(=O)NCc2ccccc2)cc1)NC1CCC(C(=O)O)CC1. The Morgan fingerprint density at radius 2 is 1.55 bits per heavy atom. The van der Waals surface area contributed by atoms with E-state index in [0.29, 0.717) is 43.5 Å². The van der Waals surface area contributed by atoms with Gasteiger partial charge in [0.05, 0.1) is 5.92 Å². The van der Waals surface area contributed by atoms with Crippen molar-refractivity contribution in [2.45, 2.75) is 38.3 Å². The van der Waals surface area contributed by atoms with E-state index in [1.807, 2.05) is 30.3 Å². The largest absolute Gasteiger partial charge is 0.481 e. The second-order valence-corrected chi connectivity index (χ2v) is 7.23. The second-order valence-electron chi connectivity index (χ2n) is 7.23. The van der Waals surface area contributed by atoms with E-state index >= 15 is 0 Å². The lowest BCUT2D eigenvalue weighted by molar-refractivity contribution is -0.142. The minimum Gasteiger partial charge on any atom is -0.481 e. The zero-order valence-electron chi connectivity index (χ0n) is 16.1. The van der Waals surface area contributed by atoms with Gasteiger partial charge in [-0.05, 0) is 55.5 Å². The standard InChI is InChI=1S/C22H25N3O4/c26-20(23-14-15-4-2-1-3-5-15)16-6-10-18(11-7-16)24-22(29)25-19-12-8-17(9-13-19)21(27)28/h1-7,10-11,17,19H,8-9,12-14H2,(H,23,26)(H,27,28)(H2,24,25,29). The van der Waals surface area contributed by atoms with Crippen LogP contribution in [0.2, 0.25) is 0 Å². The van der Waals surface area contributed by atoms with Gasteiger partial charge in [0.15, 0.2) is 0 Å². The predicted octanol–water partition coefficient (Wildman–Crippen LogP) is 3.38. The Kier molecular flexibility index (Phi) is 6.84. The molecule has 0 saturated heterocycles. The van der Waals surface area contributed by atoms with Crippen LogP contribution in [-0.4, -0.2) is 29.1 Å². The minimum absolute atomic E-state index is 0.0198. The van der Waals surface area contributed by atoms with Crippen LogP contribution >= 0.6 is 0 Å². The molecule has 0 atom stereocenters. The van der Waals surface area contributed by atoms with E-state index in [0.717, 1.165) is 5.56 Å². The number of hydrogen-bond acceptors (Lipinski definition) is 3. The van der Waals surface area contributed by atoms with E-state index in [2.05, 4.69) is 16.0 Å². The third-order valence-corrected chi connectivity index (χ3v) is 5.11. The van der Waals surface area contributed by atoms with Crippen molar-refractivity contribution in [3.05, 3.63) is 65.7 Å². The Balaban J connectivity index is 1.44. The van der Waals surface area contributed by atoms with Crippen molar-refractivity contribution in [1.29, 1.82) is 0 Å². The molecular weight excluding hydrogens is 370 g/mol. The molecule has 0 aliphatic heterocycles. The smallest absolute Gasteiger partial charge is 0.319 e. The zero-order valence-corrected chi connectivity index (χ0v) is 16.1. The molecule has 1 aliphatic rings. The molecule has 0 spiro atoms. The summed E-state index contributed by atoms with van der Waals surface area (Å²) in [5.41, 5.74) is 2.12. The third kappa shape index (κ3) is 6.07. The van der Waals surface area contributed by atoms with Gasteiger partial charge in [0.2, 0.25) is 0 Å². The summed E-state index contributed by atoms with van der Waals surface area (Å²) in [7, 11) is 0. The number of hydrogen-bond donors (Lipinski definition) is 4. The Morgan fingerprint density at radius 3 is 2.17 bits per heavy atom. The van der Waals surface area contributed by atoms with Gasteiger partial charge in [-0.2, -0.15) is 0 Å². The number of benzene rings is 2. The highest BCUT2D eigenvalue weighted by Gasteiger charge is 2.26. The molecule has 4 N–H and O–H groups in total. The lowest BCUT2D eigenvalue weighted by Gasteiger charge is -2.26. The molecule has 152 valence electrons. The maximum Gasteiger partial charge on any atom is 0.319 e. The third-order valence-electron chi connectivity index (χ3n) is 5.11. The number of carbonyl (C=O) groups is 3. The van der Waals surface area contributed by atoms with Crippen molar-refractivity contribution in [3.63, 3.8) is 0 Å². The average molecular weight is 395 g/mol.